The number of amides is 1. The van der Waals surface area contributed by atoms with Gasteiger partial charge in [0.1, 0.15) is 10.8 Å². The molecule has 2 heterocycles. The number of aromatic nitrogens is 3. The lowest BCUT2D eigenvalue weighted by Gasteiger charge is -2.23. The number of benzene rings is 2. The first-order chi connectivity index (χ1) is 15.7. The minimum absolute atomic E-state index is 0.115. The molecule has 0 atom stereocenters. The van der Waals surface area contributed by atoms with Gasteiger partial charge in [-0.3, -0.25) is 9.48 Å². The van der Waals surface area contributed by atoms with Gasteiger partial charge in [-0.25, -0.2) is 9.37 Å². The maximum atomic E-state index is 13.5. The minimum Gasteiger partial charge on any atom is -0.352 e. The summed E-state index contributed by atoms with van der Waals surface area (Å²) in [6, 6.07) is 13.8. The Kier molecular flexibility index (Phi) is 6.63. The van der Waals surface area contributed by atoms with Gasteiger partial charge in [0.2, 0.25) is 5.91 Å². The second kappa shape index (κ2) is 9.45. The molecule has 33 heavy (non-hydrogen) atoms. The first-order valence-electron chi connectivity index (χ1n) is 10.5. The molecule has 0 bridgehead atoms. The third-order valence-electron chi connectivity index (χ3n) is 5.02. The van der Waals surface area contributed by atoms with E-state index in [4.69, 9.17) is 16.6 Å². The molecule has 0 aliphatic carbocycles. The summed E-state index contributed by atoms with van der Waals surface area (Å²) in [6.07, 6.45) is 1.96. The van der Waals surface area contributed by atoms with E-state index in [0.717, 1.165) is 27.4 Å². The minimum atomic E-state index is -0.289. The molecule has 0 spiro atoms. The van der Waals surface area contributed by atoms with E-state index in [0.29, 0.717) is 17.3 Å². The third kappa shape index (κ3) is 5.49. The van der Waals surface area contributed by atoms with Crippen LogP contribution in [0.5, 0.6) is 0 Å². The molecule has 0 fully saturated rings. The van der Waals surface area contributed by atoms with E-state index in [1.165, 1.54) is 23.5 Å². The first-order valence-corrected chi connectivity index (χ1v) is 11.8. The fourth-order valence-electron chi connectivity index (χ4n) is 3.49. The Labute approximate surface area is 201 Å². The highest BCUT2D eigenvalue weighted by Crippen LogP contribution is 2.36. The van der Waals surface area contributed by atoms with E-state index < -0.39 is 0 Å². The van der Waals surface area contributed by atoms with Crippen LogP contribution in [0.15, 0.2) is 60.1 Å². The lowest BCUT2D eigenvalue weighted by atomic mass is 10.0. The van der Waals surface area contributed by atoms with Crippen molar-refractivity contribution in [2.45, 2.75) is 39.3 Å². The number of rotatable bonds is 6. The number of halogens is 2. The Morgan fingerprint density at radius 2 is 1.94 bits per heavy atom. The molecule has 4 rings (SSSR count). The quantitative estimate of drug-likeness (QED) is 0.362. The summed E-state index contributed by atoms with van der Waals surface area (Å²) in [7, 11) is 0. The average Bonchev–Trinajstić information content (AvgIpc) is 3.40. The molecule has 2 aromatic carbocycles. The van der Waals surface area contributed by atoms with Crippen LogP contribution in [0.3, 0.4) is 0 Å². The molecule has 0 saturated carbocycles. The molecule has 1 amide bonds. The standard InChI is InChI=1S/C25H24ClFN4OS/c1-25(2,3)31-23(17-7-9-19(27)10-8-17)21(14-29-31)24-30-20(15-33-24)12-22(32)28-13-16-5-4-6-18(26)11-16/h4-11,14-15H,12-13H2,1-3H3,(H,28,32). The van der Waals surface area contributed by atoms with Crippen molar-refractivity contribution in [3.63, 3.8) is 0 Å². The van der Waals surface area contributed by atoms with Gasteiger partial charge >= 0.3 is 0 Å². The van der Waals surface area contributed by atoms with Crippen LogP contribution < -0.4 is 5.32 Å². The predicted octanol–water partition coefficient (Wildman–Crippen LogP) is 6.08. The number of carbonyl (C=O) groups is 1. The van der Waals surface area contributed by atoms with Crippen molar-refractivity contribution in [3.05, 3.63) is 82.2 Å². The van der Waals surface area contributed by atoms with Gasteiger partial charge in [-0.2, -0.15) is 5.10 Å². The molecule has 8 heteroatoms. The summed E-state index contributed by atoms with van der Waals surface area (Å²) in [5.74, 6) is -0.404. The highest BCUT2D eigenvalue weighted by atomic mass is 35.5. The molecule has 0 saturated heterocycles. The van der Waals surface area contributed by atoms with Gasteiger partial charge in [-0.05, 0) is 62.7 Å². The summed E-state index contributed by atoms with van der Waals surface area (Å²) >= 11 is 7.46. The third-order valence-corrected chi connectivity index (χ3v) is 6.18. The topological polar surface area (TPSA) is 59.8 Å². The van der Waals surface area contributed by atoms with Gasteiger partial charge in [-0.15, -0.1) is 11.3 Å². The van der Waals surface area contributed by atoms with Crippen LogP contribution in [0, 0.1) is 5.82 Å². The molecule has 0 radical (unpaired) electrons. The Balaban J connectivity index is 1.55. The van der Waals surface area contributed by atoms with Crippen molar-refractivity contribution in [1.82, 2.24) is 20.1 Å². The van der Waals surface area contributed by atoms with E-state index >= 15 is 0 Å². The van der Waals surface area contributed by atoms with Crippen LogP contribution in [0.1, 0.15) is 32.0 Å². The van der Waals surface area contributed by atoms with Crippen LogP contribution in [0.25, 0.3) is 21.8 Å². The normalized spacial score (nSPS) is 11.5. The van der Waals surface area contributed by atoms with Crippen molar-refractivity contribution < 1.29 is 9.18 Å². The summed E-state index contributed by atoms with van der Waals surface area (Å²) < 4.78 is 15.4. The largest absolute Gasteiger partial charge is 0.352 e. The molecule has 0 unspecified atom stereocenters. The smallest absolute Gasteiger partial charge is 0.226 e. The highest BCUT2D eigenvalue weighted by Gasteiger charge is 2.24. The number of hydrogen-bond acceptors (Lipinski definition) is 4. The van der Waals surface area contributed by atoms with Crippen LogP contribution in [-0.4, -0.2) is 20.7 Å². The van der Waals surface area contributed by atoms with Crippen molar-refractivity contribution in [2.24, 2.45) is 0 Å². The van der Waals surface area contributed by atoms with Gasteiger partial charge in [-0.1, -0.05) is 23.7 Å². The van der Waals surface area contributed by atoms with Crippen LogP contribution >= 0.6 is 22.9 Å². The fraction of sp³-hybridized carbons (Fsp3) is 0.240. The maximum Gasteiger partial charge on any atom is 0.226 e. The van der Waals surface area contributed by atoms with Crippen molar-refractivity contribution >= 4 is 28.8 Å². The van der Waals surface area contributed by atoms with Crippen molar-refractivity contribution in [2.75, 3.05) is 0 Å². The van der Waals surface area contributed by atoms with Gasteiger partial charge in [0.15, 0.2) is 0 Å². The molecule has 0 aliphatic rings. The second-order valence-electron chi connectivity index (χ2n) is 8.72. The monoisotopic (exact) mass is 482 g/mol. The zero-order valence-electron chi connectivity index (χ0n) is 18.6. The maximum absolute atomic E-state index is 13.5. The van der Waals surface area contributed by atoms with E-state index in [1.54, 1.807) is 24.4 Å². The number of nitrogens with zero attached hydrogens (tertiary/aromatic N) is 3. The first kappa shape index (κ1) is 23.1. The zero-order chi connectivity index (χ0) is 23.6. The average molecular weight is 483 g/mol. The number of carbonyl (C=O) groups excluding carboxylic acids is 1. The van der Waals surface area contributed by atoms with Gasteiger partial charge in [0.05, 0.1) is 35.1 Å². The predicted molar refractivity (Wildman–Crippen MR) is 131 cm³/mol. The SMILES string of the molecule is CC(C)(C)n1ncc(-c2nc(CC(=O)NCc3cccc(Cl)c3)cs2)c1-c1ccc(F)cc1. The Hall–Kier alpha value is -3.03. The van der Waals surface area contributed by atoms with Gasteiger partial charge < -0.3 is 5.32 Å². The number of hydrogen-bond donors (Lipinski definition) is 1. The molecule has 170 valence electrons. The Morgan fingerprint density at radius 3 is 2.64 bits per heavy atom. The lowest BCUT2D eigenvalue weighted by Crippen LogP contribution is -2.24. The second-order valence-corrected chi connectivity index (χ2v) is 10.0. The highest BCUT2D eigenvalue weighted by molar-refractivity contribution is 7.13. The molecule has 2 aromatic heterocycles. The molecule has 4 aromatic rings. The summed E-state index contributed by atoms with van der Waals surface area (Å²) in [4.78, 5) is 17.1. The van der Waals surface area contributed by atoms with E-state index in [-0.39, 0.29) is 23.7 Å². The Morgan fingerprint density at radius 1 is 1.18 bits per heavy atom. The fourth-order valence-corrected chi connectivity index (χ4v) is 4.53. The summed E-state index contributed by atoms with van der Waals surface area (Å²) in [5.41, 5.74) is 3.93. The van der Waals surface area contributed by atoms with Crippen LogP contribution in [0.2, 0.25) is 5.02 Å². The number of nitrogens with one attached hydrogen (secondary N) is 1. The summed E-state index contributed by atoms with van der Waals surface area (Å²) in [6.45, 7) is 6.60. The zero-order valence-corrected chi connectivity index (χ0v) is 20.2. The van der Waals surface area contributed by atoms with Crippen molar-refractivity contribution in [3.8, 4) is 21.8 Å². The lowest BCUT2D eigenvalue weighted by molar-refractivity contribution is -0.120. The van der Waals surface area contributed by atoms with Crippen molar-refractivity contribution in [1.29, 1.82) is 0 Å². The molecular formula is C25H24ClFN4OS. The van der Waals surface area contributed by atoms with Crippen LogP contribution in [0.4, 0.5) is 4.39 Å². The van der Waals surface area contributed by atoms with E-state index in [1.807, 2.05) is 28.3 Å². The Bertz CT molecular complexity index is 1270. The number of thiazole rings is 1. The van der Waals surface area contributed by atoms with Crippen LogP contribution in [-0.2, 0) is 23.3 Å². The van der Waals surface area contributed by atoms with Gasteiger partial charge in [0, 0.05) is 22.5 Å². The molecule has 1 N–H and O–H groups in total. The molecular weight excluding hydrogens is 459 g/mol. The van der Waals surface area contributed by atoms with E-state index in [9.17, 15) is 9.18 Å². The summed E-state index contributed by atoms with van der Waals surface area (Å²) in [5, 5.41) is 10.8. The van der Waals surface area contributed by atoms with E-state index in [2.05, 4.69) is 31.2 Å². The molecule has 5 nitrogen and oxygen atoms in total. The molecule has 0 aliphatic heterocycles. The van der Waals surface area contributed by atoms with Gasteiger partial charge in [0.25, 0.3) is 0 Å².